The van der Waals surface area contributed by atoms with Gasteiger partial charge in [-0.1, -0.05) is 15.9 Å². The number of benzene rings is 2. The highest BCUT2D eigenvalue weighted by molar-refractivity contribution is 9.10. The molecule has 3 rings (SSSR count). The lowest BCUT2D eigenvalue weighted by molar-refractivity contribution is -0.114. The second kappa shape index (κ2) is 8.82. The minimum Gasteiger partial charge on any atom is -0.378 e. The number of nitrogens with one attached hydrogen (secondary N) is 2. The Balaban J connectivity index is 1.50. The van der Waals surface area contributed by atoms with Gasteiger partial charge in [-0.3, -0.25) is 9.59 Å². The van der Waals surface area contributed by atoms with Crippen LogP contribution < -0.4 is 10.6 Å². The summed E-state index contributed by atoms with van der Waals surface area (Å²) in [6, 6.07) is 14.5. The molecule has 2 N–H and O–H groups in total. The van der Waals surface area contributed by atoms with Gasteiger partial charge in [-0.15, -0.1) is 0 Å². The SMILES string of the molecule is O=C(CNc1ccc(C(=O)N2CCOCC2)cc1)Nc1ccc(Br)cc1. The fourth-order valence-corrected chi connectivity index (χ4v) is 2.86. The predicted octanol–water partition coefficient (Wildman–Crippen LogP) is 2.97. The van der Waals surface area contributed by atoms with Crippen molar-refractivity contribution in [3.63, 3.8) is 0 Å². The highest BCUT2D eigenvalue weighted by Gasteiger charge is 2.18. The summed E-state index contributed by atoms with van der Waals surface area (Å²) in [6.07, 6.45) is 0. The van der Waals surface area contributed by atoms with E-state index in [1.165, 1.54) is 0 Å². The summed E-state index contributed by atoms with van der Waals surface area (Å²) in [4.78, 5) is 26.2. The van der Waals surface area contributed by atoms with Crippen LogP contribution in [0, 0.1) is 0 Å². The molecule has 2 aromatic carbocycles. The molecule has 1 fully saturated rings. The number of ether oxygens (including phenoxy) is 1. The monoisotopic (exact) mass is 417 g/mol. The molecule has 0 unspecified atom stereocenters. The molecule has 26 heavy (non-hydrogen) atoms. The molecule has 1 aliphatic heterocycles. The molecule has 1 saturated heterocycles. The van der Waals surface area contributed by atoms with Crippen molar-refractivity contribution in [3.05, 3.63) is 58.6 Å². The highest BCUT2D eigenvalue weighted by Crippen LogP contribution is 2.15. The molecule has 0 aromatic heterocycles. The lowest BCUT2D eigenvalue weighted by Gasteiger charge is -2.26. The summed E-state index contributed by atoms with van der Waals surface area (Å²) in [7, 11) is 0. The molecular weight excluding hydrogens is 398 g/mol. The predicted molar refractivity (Wildman–Crippen MR) is 104 cm³/mol. The quantitative estimate of drug-likeness (QED) is 0.784. The number of amides is 2. The zero-order valence-electron chi connectivity index (χ0n) is 14.2. The molecule has 0 spiro atoms. The maximum Gasteiger partial charge on any atom is 0.254 e. The fourth-order valence-electron chi connectivity index (χ4n) is 2.60. The minimum absolute atomic E-state index is 0.00725. The zero-order valence-corrected chi connectivity index (χ0v) is 15.8. The van der Waals surface area contributed by atoms with Gasteiger partial charge >= 0.3 is 0 Å². The van der Waals surface area contributed by atoms with Crippen LogP contribution in [0.1, 0.15) is 10.4 Å². The first kappa shape index (κ1) is 18.4. The van der Waals surface area contributed by atoms with Crippen molar-refractivity contribution < 1.29 is 14.3 Å². The van der Waals surface area contributed by atoms with Gasteiger partial charge in [0.25, 0.3) is 5.91 Å². The molecule has 136 valence electrons. The topological polar surface area (TPSA) is 70.7 Å². The van der Waals surface area contributed by atoms with Gasteiger partial charge in [-0.25, -0.2) is 0 Å². The van der Waals surface area contributed by atoms with E-state index in [4.69, 9.17) is 4.74 Å². The number of anilines is 2. The molecule has 6 nitrogen and oxygen atoms in total. The Hall–Kier alpha value is -2.38. The highest BCUT2D eigenvalue weighted by atomic mass is 79.9. The second-order valence-electron chi connectivity index (χ2n) is 5.89. The van der Waals surface area contributed by atoms with E-state index in [2.05, 4.69) is 26.6 Å². The molecule has 2 aromatic rings. The van der Waals surface area contributed by atoms with Crippen molar-refractivity contribution in [1.29, 1.82) is 0 Å². The molecule has 1 aliphatic rings. The maximum atomic E-state index is 12.4. The number of halogens is 1. The molecule has 2 amide bonds. The van der Waals surface area contributed by atoms with Crippen molar-refractivity contribution in [2.24, 2.45) is 0 Å². The Morgan fingerprint density at radius 3 is 2.23 bits per heavy atom. The van der Waals surface area contributed by atoms with Crippen LogP contribution in [0.2, 0.25) is 0 Å². The smallest absolute Gasteiger partial charge is 0.254 e. The molecule has 7 heteroatoms. The summed E-state index contributed by atoms with van der Waals surface area (Å²) in [5.41, 5.74) is 2.16. The second-order valence-corrected chi connectivity index (χ2v) is 6.81. The van der Waals surface area contributed by atoms with Gasteiger partial charge in [0.2, 0.25) is 5.91 Å². The van der Waals surface area contributed by atoms with E-state index in [1.807, 2.05) is 24.3 Å². The van der Waals surface area contributed by atoms with E-state index < -0.39 is 0 Å². The Kier molecular flexibility index (Phi) is 6.25. The first-order chi connectivity index (χ1) is 12.6. The number of nitrogens with zero attached hydrogens (tertiary/aromatic N) is 1. The first-order valence-electron chi connectivity index (χ1n) is 8.38. The molecule has 0 atom stereocenters. The van der Waals surface area contributed by atoms with Gasteiger partial charge in [0.1, 0.15) is 0 Å². The van der Waals surface area contributed by atoms with Gasteiger partial charge in [-0.05, 0) is 48.5 Å². The van der Waals surface area contributed by atoms with Crippen LogP contribution in [0.15, 0.2) is 53.0 Å². The minimum atomic E-state index is -0.138. The zero-order chi connectivity index (χ0) is 18.4. The van der Waals surface area contributed by atoms with Crippen molar-refractivity contribution in [2.45, 2.75) is 0 Å². The summed E-state index contributed by atoms with van der Waals surface area (Å²) >= 11 is 3.36. The summed E-state index contributed by atoms with van der Waals surface area (Å²) in [5, 5.41) is 5.87. The van der Waals surface area contributed by atoms with E-state index >= 15 is 0 Å². The average molecular weight is 418 g/mol. The van der Waals surface area contributed by atoms with E-state index in [0.29, 0.717) is 31.9 Å². The van der Waals surface area contributed by atoms with Crippen molar-refractivity contribution in [2.75, 3.05) is 43.5 Å². The lowest BCUT2D eigenvalue weighted by Crippen LogP contribution is -2.40. The standard InChI is InChI=1S/C19H20BrN3O3/c20-15-3-7-17(8-4-15)22-18(24)13-21-16-5-1-14(2-6-16)19(25)23-9-11-26-12-10-23/h1-8,21H,9-13H2,(H,22,24). The van der Waals surface area contributed by atoms with Crippen LogP contribution >= 0.6 is 15.9 Å². The largest absolute Gasteiger partial charge is 0.378 e. The summed E-state index contributed by atoms with van der Waals surface area (Å²) in [6.45, 7) is 2.55. The van der Waals surface area contributed by atoms with Crippen LogP contribution in [0.4, 0.5) is 11.4 Å². The molecule has 1 heterocycles. The van der Waals surface area contributed by atoms with Gasteiger partial charge in [-0.2, -0.15) is 0 Å². The third-order valence-electron chi connectivity index (χ3n) is 4.01. The Morgan fingerprint density at radius 2 is 1.58 bits per heavy atom. The van der Waals surface area contributed by atoms with E-state index in [9.17, 15) is 9.59 Å². The number of hydrogen-bond acceptors (Lipinski definition) is 4. The number of carbonyl (C=O) groups excluding carboxylic acids is 2. The number of rotatable bonds is 5. The number of carbonyl (C=O) groups is 2. The van der Waals surface area contributed by atoms with Crippen molar-refractivity contribution in [3.8, 4) is 0 Å². The van der Waals surface area contributed by atoms with Crippen molar-refractivity contribution in [1.82, 2.24) is 4.90 Å². The van der Waals surface area contributed by atoms with Gasteiger partial charge in [0.15, 0.2) is 0 Å². The third kappa shape index (κ3) is 5.06. The molecule has 0 radical (unpaired) electrons. The normalized spacial score (nSPS) is 14.0. The number of hydrogen-bond donors (Lipinski definition) is 2. The summed E-state index contributed by atoms with van der Waals surface area (Å²) in [5.74, 6) is -0.131. The van der Waals surface area contributed by atoms with Gasteiger partial charge < -0.3 is 20.3 Å². The lowest BCUT2D eigenvalue weighted by atomic mass is 10.1. The Labute approximate surface area is 160 Å². The molecule has 0 aliphatic carbocycles. The maximum absolute atomic E-state index is 12.4. The van der Waals surface area contributed by atoms with Crippen LogP contribution in [0.25, 0.3) is 0 Å². The molecule has 0 bridgehead atoms. The van der Waals surface area contributed by atoms with Gasteiger partial charge in [0.05, 0.1) is 19.8 Å². The van der Waals surface area contributed by atoms with E-state index in [-0.39, 0.29) is 18.4 Å². The van der Waals surface area contributed by atoms with Crippen LogP contribution in [-0.4, -0.2) is 49.6 Å². The van der Waals surface area contributed by atoms with Crippen LogP contribution in [0.5, 0.6) is 0 Å². The van der Waals surface area contributed by atoms with Gasteiger partial charge in [0, 0.05) is 34.5 Å². The number of morpholine rings is 1. The van der Waals surface area contributed by atoms with Crippen LogP contribution in [0.3, 0.4) is 0 Å². The molecular formula is C19H20BrN3O3. The Morgan fingerprint density at radius 1 is 0.962 bits per heavy atom. The van der Waals surface area contributed by atoms with E-state index in [1.54, 1.807) is 29.2 Å². The third-order valence-corrected chi connectivity index (χ3v) is 4.54. The average Bonchev–Trinajstić information content (AvgIpc) is 2.69. The first-order valence-corrected chi connectivity index (χ1v) is 9.17. The molecule has 0 saturated carbocycles. The van der Waals surface area contributed by atoms with E-state index in [0.717, 1.165) is 15.8 Å². The Bertz CT molecular complexity index is 757. The summed E-state index contributed by atoms with van der Waals surface area (Å²) < 4.78 is 6.22. The fraction of sp³-hybridized carbons (Fsp3) is 0.263. The van der Waals surface area contributed by atoms with Crippen LogP contribution in [-0.2, 0) is 9.53 Å². The van der Waals surface area contributed by atoms with Crippen molar-refractivity contribution >= 4 is 39.1 Å².